The quantitative estimate of drug-likeness (QED) is 0.832. The second-order valence-electron chi connectivity index (χ2n) is 5.15. The number of urea groups is 1. The zero-order valence-electron chi connectivity index (χ0n) is 11.4. The fourth-order valence-corrected chi connectivity index (χ4v) is 3.12. The minimum absolute atomic E-state index is 0.176. The summed E-state index contributed by atoms with van der Waals surface area (Å²) in [6, 6.07) is -0.176. The predicted octanol–water partition coefficient (Wildman–Crippen LogP) is 3.33. The molecule has 0 saturated heterocycles. The van der Waals surface area contributed by atoms with E-state index >= 15 is 0 Å². The number of aromatic nitrogens is 2. The fourth-order valence-electron chi connectivity index (χ4n) is 2.53. The van der Waals surface area contributed by atoms with Gasteiger partial charge in [-0.05, 0) is 19.3 Å². The van der Waals surface area contributed by atoms with Gasteiger partial charge < -0.3 is 5.32 Å². The lowest BCUT2D eigenvalue weighted by molar-refractivity contribution is 0.251. The summed E-state index contributed by atoms with van der Waals surface area (Å²) >= 11 is 1.39. The Balaban J connectivity index is 1.63. The topological polar surface area (TPSA) is 66.9 Å². The second kappa shape index (κ2) is 7.43. The van der Waals surface area contributed by atoms with Crippen LogP contribution >= 0.6 is 11.3 Å². The molecule has 6 heteroatoms. The van der Waals surface area contributed by atoms with Crippen LogP contribution in [-0.4, -0.2) is 22.8 Å². The summed E-state index contributed by atoms with van der Waals surface area (Å²) < 4.78 is 0. The maximum atomic E-state index is 11.6. The van der Waals surface area contributed by atoms with Crippen molar-refractivity contribution in [1.29, 1.82) is 0 Å². The molecule has 0 unspecified atom stereocenters. The molecule has 2 amide bonds. The molecule has 5 nitrogen and oxygen atoms in total. The van der Waals surface area contributed by atoms with E-state index in [-0.39, 0.29) is 6.03 Å². The first kappa shape index (κ1) is 14.2. The highest BCUT2D eigenvalue weighted by atomic mass is 32.1. The van der Waals surface area contributed by atoms with Gasteiger partial charge >= 0.3 is 6.03 Å². The number of aryl methyl sites for hydroxylation is 1. The van der Waals surface area contributed by atoms with Crippen molar-refractivity contribution in [2.45, 2.75) is 51.9 Å². The molecule has 0 bridgehead atoms. The first-order valence-electron chi connectivity index (χ1n) is 7.09. The molecule has 0 aromatic carbocycles. The average Bonchev–Trinajstić information content (AvgIpc) is 2.65. The van der Waals surface area contributed by atoms with Gasteiger partial charge in [-0.15, -0.1) is 10.2 Å². The lowest BCUT2D eigenvalue weighted by Crippen LogP contribution is -2.30. The Hall–Kier alpha value is -1.17. The zero-order chi connectivity index (χ0) is 13.5. The van der Waals surface area contributed by atoms with Gasteiger partial charge in [-0.25, -0.2) is 4.79 Å². The van der Waals surface area contributed by atoms with Gasteiger partial charge in [-0.2, -0.15) is 0 Å². The van der Waals surface area contributed by atoms with Gasteiger partial charge in [0.25, 0.3) is 0 Å². The summed E-state index contributed by atoms with van der Waals surface area (Å²) in [5, 5.41) is 14.7. The molecule has 106 valence electrons. The van der Waals surface area contributed by atoms with Crippen LogP contribution in [0.2, 0.25) is 0 Å². The lowest BCUT2D eigenvalue weighted by Gasteiger charge is -2.13. The summed E-state index contributed by atoms with van der Waals surface area (Å²) in [6.45, 7) is 2.61. The van der Waals surface area contributed by atoms with E-state index in [1.807, 2.05) is 6.92 Å². The summed E-state index contributed by atoms with van der Waals surface area (Å²) in [7, 11) is 0. The van der Waals surface area contributed by atoms with Crippen LogP contribution in [0, 0.1) is 12.8 Å². The van der Waals surface area contributed by atoms with Gasteiger partial charge in [0.05, 0.1) is 0 Å². The molecular formula is C13H22N4OS. The van der Waals surface area contributed by atoms with Crippen LogP contribution in [0.1, 0.15) is 50.0 Å². The Morgan fingerprint density at radius 1 is 1.26 bits per heavy atom. The molecule has 2 rings (SSSR count). The minimum atomic E-state index is -0.176. The Kier molecular flexibility index (Phi) is 5.57. The number of carbonyl (C=O) groups excluding carboxylic acids is 1. The minimum Gasteiger partial charge on any atom is -0.338 e. The fraction of sp³-hybridized carbons (Fsp3) is 0.769. The van der Waals surface area contributed by atoms with Crippen molar-refractivity contribution in [3.8, 4) is 0 Å². The Morgan fingerprint density at radius 2 is 2.00 bits per heavy atom. The monoisotopic (exact) mass is 282 g/mol. The van der Waals surface area contributed by atoms with Crippen molar-refractivity contribution in [2.24, 2.45) is 5.92 Å². The van der Waals surface area contributed by atoms with E-state index in [0.29, 0.717) is 5.13 Å². The summed E-state index contributed by atoms with van der Waals surface area (Å²) in [5.74, 6) is 0.784. The van der Waals surface area contributed by atoms with Gasteiger partial charge in [-0.3, -0.25) is 5.32 Å². The van der Waals surface area contributed by atoms with Gasteiger partial charge in [0, 0.05) is 6.54 Å². The van der Waals surface area contributed by atoms with Crippen molar-refractivity contribution in [3.63, 3.8) is 0 Å². The van der Waals surface area contributed by atoms with Crippen molar-refractivity contribution < 1.29 is 4.79 Å². The van der Waals surface area contributed by atoms with E-state index < -0.39 is 0 Å². The number of carbonyl (C=O) groups is 1. The molecule has 1 heterocycles. The van der Waals surface area contributed by atoms with Crippen LogP contribution < -0.4 is 10.6 Å². The number of hydrogen-bond donors (Lipinski definition) is 2. The first-order chi connectivity index (χ1) is 9.24. The highest BCUT2D eigenvalue weighted by Crippen LogP contribution is 2.24. The molecule has 0 aliphatic heterocycles. The first-order valence-corrected chi connectivity index (χ1v) is 7.90. The van der Waals surface area contributed by atoms with E-state index in [4.69, 9.17) is 0 Å². The smallest absolute Gasteiger partial charge is 0.321 e. The van der Waals surface area contributed by atoms with E-state index in [1.54, 1.807) is 0 Å². The third-order valence-electron chi connectivity index (χ3n) is 3.56. The molecule has 0 atom stereocenters. The number of nitrogens with one attached hydrogen (secondary N) is 2. The van der Waals surface area contributed by atoms with Crippen molar-refractivity contribution >= 4 is 22.5 Å². The molecule has 1 aliphatic rings. The maximum absolute atomic E-state index is 11.6. The van der Waals surface area contributed by atoms with Crippen molar-refractivity contribution in [1.82, 2.24) is 15.5 Å². The highest BCUT2D eigenvalue weighted by Gasteiger charge is 2.12. The van der Waals surface area contributed by atoms with Gasteiger partial charge in [-0.1, -0.05) is 49.9 Å². The Bertz CT molecular complexity index is 399. The SMILES string of the molecule is Cc1nnc(NC(=O)NCCC2CCCCCC2)s1. The number of rotatable bonds is 4. The summed E-state index contributed by atoms with van der Waals surface area (Å²) in [5.41, 5.74) is 0. The summed E-state index contributed by atoms with van der Waals surface area (Å²) in [6.07, 6.45) is 9.17. The maximum Gasteiger partial charge on any atom is 0.321 e. The van der Waals surface area contributed by atoms with Crippen molar-refractivity contribution in [3.05, 3.63) is 5.01 Å². The number of nitrogens with zero attached hydrogens (tertiary/aromatic N) is 2. The van der Waals surface area contributed by atoms with Crippen LogP contribution in [0.15, 0.2) is 0 Å². The van der Waals surface area contributed by atoms with Crippen LogP contribution in [-0.2, 0) is 0 Å². The molecule has 0 spiro atoms. The number of hydrogen-bond acceptors (Lipinski definition) is 4. The molecule has 0 radical (unpaired) electrons. The molecule has 2 N–H and O–H groups in total. The van der Waals surface area contributed by atoms with Crippen LogP contribution in [0.4, 0.5) is 9.93 Å². The molecule has 1 aromatic heterocycles. The third kappa shape index (κ3) is 5.14. The molecule has 1 aromatic rings. The average molecular weight is 282 g/mol. The van der Waals surface area contributed by atoms with Gasteiger partial charge in [0.2, 0.25) is 5.13 Å². The second-order valence-corrected chi connectivity index (χ2v) is 6.34. The Morgan fingerprint density at radius 3 is 2.63 bits per heavy atom. The summed E-state index contributed by atoms with van der Waals surface area (Å²) in [4.78, 5) is 11.6. The van der Waals surface area contributed by atoms with Crippen LogP contribution in [0.5, 0.6) is 0 Å². The van der Waals surface area contributed by atoms with Gasteiger partial charge in [0.1, 0.15) is 5.01 Å². The van der Waals surface area contributed by atoms with Gasteiger partial charge in [0.15, 0.2) is 0 Å². The van der Waals surface area contributed by atoms with E-state index in [9.17, 15) is 4.79 Å². The lowest BCUT2D eigenvalue weighted by atomic mass is 9.97. The molecule has 1 saturated carbocycles. The van der Waals surface area contributed by atoms with E-state index in [2.05, 4.69) is 20.8 Å². The van der Waals surface area contributed by atoms with E-state index in [0.717, 1.165) is 23.9 Å². The largest absolute Gasteiger partial charge is 0.338 e. The zero-order valence-corrected chi connectivity index (χ0v) is 12.3. The van der Waals surface area contributed by atoms with Crippen molar-refractivity contribution in [2.75, 3.05) is 11.9 Å². The number of amides is 2. The van der Waals surface area contributed by atoms with E-state index in [1.165, 1.54) is 49.9 Å². The van der Waals surface area contributed by atoms with Crippen LogP contribution in [0.3, 0.4) is 0 Å². The third-order valence-corrected chi connectivity index (χ3v) is 4.31. The molecule has 19 heavy (non-hydrogen) atoms. The Labute approximate surface area is 118 Å². The van der Waals surface area contributed by atoms with Crippen LogP contribution in [0.25, 0.3) is 0 Å². The molecule has 1 fully saturated rings. The number of anilines is 1. The molecular weight excluding hydrogens is 260 g/mol. The highest BCUT2D eigenvalue weighted by molar-refractivity contribution is 7.15. The predicted molar refractivity (Wildman–Crippen MR) is 77.5 cm³/mol. The molecule has 1 aliphatic carbocycles. The normalized spacial score (nSPS) is 16.9. The standard InChI is InChI=1S/C13H22N4OS/c1-10-16-17-13(19-10)15-12(18)14-9-8-11-6-4-2-3-5-7-11/h11H,2-9H2,1H3,(H2,14,15,17,18).